The minimum absolute atomic E-state index is 0.0223. The number of carbonyl (C=O) groups is 2. The van der Waals surface area contributed by atoms with Gasteiger partial charge in [-0.2, -0.15) is 4.37 Å². The number of carbonyl (C=O) groups excluding carboxylic acids is 2. The van der Waals surface area contributed by atoms with Crippen LogP contribution in [-0.2, 0) is 0 Å². The highest BCUT2D eigenvalue weighted by Crippen LogP contribution is 2.40. The lowest BCUT2D eigenvalue weighted by molar-refractivity contribution is 0.0997. The van der Waals surface area contributed by atoms with Gasteiger partial charge in [0.1, 0.15) is 17.0 Å². The number of phenols is 1. The highest BCUT2D eigenvalue weighted by Gasteiger charge is 2.20. The summed E-state index contributed by atoms with van der Waals surface area (Å²) >= 11 is 0.968. The first-order valence-corrected chi connectivity index (χ1v) is 10.5. The molecule has 0 spiro atoms. The summed E-state index contributed by atoms with van der Waals surface area (Å²) in [5.41, 5.74) is 6.68. The number of phenolic OH excluding ortho intramolecular Hbond substituents is 1. The summed E-state index contributed by atoms with van der Waals surface area (Å²) in [7, 11) is 1.55. The van der Waals surface area contributed by atoms with Crippen molar-refractivity contribution in [1.29, 1.82) is 0 Å². The maximum atomic E-state index is 13.0. The summed E-state index contributed by atoms with van der Waals surface area (Å²) in [6.07, 6.45) is 0. The van der Waals surface area contributed by atoms with E-state index in [9.17, 15) is 14.7 Å². The summed E-state index contributed by atoms with van der Waals surface area (Å²) < 4.78 is 9.21. The molecule has 166 valence electrons. The number of aromatic hydroxyl groups is 1. The zero-order valence-corrected chi connectivity index (χ0v) is 18.5. The van der Waals surface area contributed by atoms with Crippen LogP contribution in [0.25, 0.3) is 10.8 Å². The van der Waals surface area contributed by atoms with E-state index in [0.29, 0.717) is 27.9 Å². The van der Waals surface area contributed by atoms with E-state index in [4.69, 9.17) is 10.5 Å². The maximum absolute atomic E-state index is 13.0. The molecule has 0 saturated heterocycles. The molecule has 2 amide bonds. The number of nitrogens with one attached hydrogen (secondary N) is 1. The quantitative estimate of drug-likeness (QED) is 0.343. The number of fused-ring (bicyclic) bond motifs is 1. The Morgan fingerprint density at radius 1 is 1.12 bits per heavy atom. The van der Waals surface area contributed by atoms with Crippen LogP contribution in [0.2, 0.25) is 0 Å². The highest BCUT2D eigenvalue weighted by atomic mass is 32.1. The second kappa shape index (κ2) is 9.05. The van der Waals surface area contributed by atoms with Crippen molar-refractivity contribution >= 4 is 50.5 Å². The number of aryl methyl sites for hydroxylation is 1. The Morgan fingerprint density at radius 2 is 1.85 bits per heavy atom. The van der Waals surface area contributed by atoms with Crippen LogP contribution in [0.15, 0.2) is 64.8 Å². The third-order valence-electron chi connectivity index (χ3n) is 4.92. The summed E-state index contributed by atoms with van der Waals surface area (Å²) in [5.74, 6) is -0.883. The Morgan fingerprint density at radius 3 is 2.55 bits per heavy atom. The van der Waals surface area contributed by atoms with Gasteiger partial charge in [-0.25, -0.2) is 0 Å². The molecular formula is C23H19N5O4S. The summed E-state index contributed by atoms with van der Waals surface area (Å²) in [6.45, 7) is 1.65. The number of amides is 2. The molecule has 0 radical (unpaired) electrons. The molecule has 0 fully saturated rings. The van der Waals surface area contributed by atoms with Gasteiger partial charge in [-0.05, 0) is 54.2 Å². The molecule has 0 aliphatic rings. The molecule has 4 rings (SSSR count). The standard InChI is InChI=1S/C23H19N5O4S/c1-12-18(21(24)30)23(33-28-12)27-26-19-16-6-4-3-5-13(16)11-17(20(19)29)22(31)25-14-7-9-15(32-2)10-8-14/h3-11,29H,1-2H3,(H2,24,30)(H,25,31). The lowest BCUT2D eigenvalue weighted by atomic mass is 10.0. The zero-order chi connectivity index (χ0) is 23.5. The number of aromatic nitrogens is 1. The average molecular weight is 462 g/mol. The van der Waals surface area contributed by atoms with Crippen molar-refractivity contribution in [2.75, 3.05) is 12.4 Å². The van der Waals surface area contributed by atoms with Crippen molar-refractivity contribution in [1.82, 2.24) is 4.37 Å². The van der Waals surface area contributed by atoms with Crippen LogP contribution >= 0.6 is 11.5 Å². The number of hydrogen-bond acceptors (Lipinski definition) is 8. The highest BCUT2D eigenvalue weighted by molar-refractivity contribution is 7.10. The Kier molecular flexibility index (Phi) is 6.01. The number of ether oxygens (including phenoxy) is 1. The molecule has 1 heterocycles. The normalized spacial score (nSPS) is 11.1. The lowest BCUT2D eigenvalue weighted by Gasteiger charge is -2.11. The second-order valence-corrected chi connectivity index (χ2v) is 7.79. The van der Waals surface area contributed by atoms with Crippen molar-refractivity contribution in [3.8, 4) is 11.5 Å². The first-order chi connectivity index (χ1) is 15.9. The van der Waals surface area contributed by atoms with Crippen LogP contribution in [0.4, 0.5) is 16.4 Å². The van der Waals surface area contributed by atoms with E-state index in [1.54, 1.807) is 62.6 Å². The zero-order valence-electron chi connectivity index (χ0n) is 17.7. The van der Waals surface area contributed by atoms with Gasteiger partial charge in [0.05, 0.1) is 18.4 Å². The molecule has 1 aromatic heterocycles. The molecule has 9 nitrogen and oxygen atoms in total. The third-order valence-corrected chi connectivity index (χ3v) is 5.74. The fraction of sp³-hybridized carbons (Fsp3) is 0.0870. The van der Waals surface area contributed by atoms with Gasteiger partial charge < -0.3 is 20.9 Å². The van der Waals surface area contributed by atoms with Crippen LogP contribution in [0, 0.1) is 6.92 Å². The SMILES string of the molecule is COc1ccc(NC(=O)c2cc3ccccc3c(N=Nc3snc(C)c3C(N)=O)c2O)cc1. The smallest absolute Gasteiger partial charge is 0.259 e. The van der Waals surface area contributed by atoms with Gasteiger partial charge >= 0.3 is 0 Å². The van der Waals surface area contributed by atoms with E-state index < -0.39 is 11.8 Å². The molecule has 4 N–H and O–H groups in total. The number of benzene rings is 3. The van der Waals surface area contributed by atoms with E-state index >= 15 is 0 Å². The number of hydrogen-bond donors (Lipinski definition) is 3. The number of methoxy groups -OCH3 is 1. The Labute approximate surface area is 192 Å². The van der Waals surface area contributed by atoms with Gasteiger partial charge in [0.2, 0.25) is 0 Å². The predicted octanol–water partition coefficient (Wildman–Crippen LogP) is 5.09. The molecule has 4 aromatic rings. The van der Waals surface area contributed by atoms with Gasteiger partial charge in [-0.15, -0.1) is 10.2 Å². The van der Waals surface area contributed by atoms with Crippen molar-refractivity contribution in [3.05, 3.63) is 71.4 Å². The van der Waals surface area contributed by atoms with Crippen LogP contribution in [0.3, 0.4) is 0 Å². The Hall–Kier alpha value is -4.31. The molecule has 0 aliphatic heterocycles. The molecule has 0 bridgehead atoms. The van der Waals surface area contributed by atoms with E-state index in [1.165, 1.54) is 0 Å². The first kappa shape index (κ1) is 21.9. The fourth-order valence-corrected chi connectivity index (χ4v) is 4.00. The van der Waals surface area contributed by atoms with Crippen LogP contribution in [0.1, 0.15) is 26.4 Å². The number of nitrogens with zero attached hydrogens (tertiary/aromatic N) is 3. The number of azo groups is 1. The topological polar surface area (TPSA) is 139 Å². The predicted molar refractivity (Wildman–Crippen MR) is 126 cm³/mol. The van der Waals surface area contributed by atoms with Gasteiger partial charge in [-0.3, -0.25) is 9.59 Å². The minimum Gasteiger partial charge on any atom is -0.505 e. The molecular weight excluding hydrogens is 442 g/mol. The van der Waals surface area contributed by atoms with E-state index in [-0.39, 0.29) is 27.6 Å². The van der Waals surface area contributed by atoms with Crippen LogP contribution < -0.4 is 15.8 Å². The van der Waals surface area contributed by atoms with Crippen LogP contribution in [-0.4, -0.2) is 28.4 Å². The molecule has 33 heavy (non-hydrogen) atoms. The van der Waals surface area contributed by atoms with Crippen molar-refractivity contribution < 1.29 is 19.4 Å². The fourth-order valence-electron chi connectivity index (χ4n) is 3.27. The van der Waals surface area contributed by atoms with Gasteiger partial charge in [0.15, 0.2) is 10.8 Å². The van der Waals surface area contributed by atoms with Gasteiger partial charge in [-0.1, -0.05) is 24.3 Å². The Balaban J connectivity index is 1.76. The molecule has 0 atom stereocenters. The van der Waals surface area contributed by atoms with E-state index in [0.717, 1.165) is 11.5 Å². The summed E-state index contributed by atoms with van der Waals surface area (Å²) in [4.78, 5) is 24.7. The number of nitrogens with two attached hydrogens (primary N) is 1. The molecule has 0 saturated carbocycles. The largest absolute Gasteiger partial charge is 0.505 e. The number of primary amides is 1. The third kappa shape index (κ3) is 4.37. The molecule has 3 aromatic carbocycles. The Bertz CT molecular complexity index is 1400. The van der Waals surface area contributed by atoms with Gasteiger partial charge in [0, 0.05) is 11.1 Å². The average Bonchev–Trinajstić information content (AvgIpc) is 3.19. The lowest BCUT2D eigenvalue weighted by Crippen LogP contribution is -2.12. The van der Waals surface area contributed by atoms with Crippen molar-refractivity contribution in [2.45, 2.75) is 6.92 Å². The monoisotopic (exact) mass is 461 g/mol. The van der Waals surface area contributed by atoms with Crippen LogP contribution in [0.5, 0.6) is 11.5 Å². The van der Waals surface area contributed by atoms with E-state index in [2.05, 4.69) is 19.9 Å². The summed E-state index contributed by atoms with van der Waals surface area (Å²) in [6, 6.07) is 15.5. The summed E-state index contributed by atoms with van der Waals surface area (Å²) in [5, 5.41) is 23.5. The maximum Gasteiger partial charge on any atom is 0.259 e. The number of anilines is 1. The van der Waals surface area contributed by atoms with Crippen molar-refractivity contribution in [3.63, 3.8) is 0 Å². The second-order valence-electron chi connectivity index (χ2n) is 7.04. The van der Waals surface area contributed by atoms with Gasteiger partial charge in [0.25, 0.3) is 11.8 Å². The minimum atomic E-state index is -0.670. The van der Waals surface area contributed by atoms with Crippen molar-refractivity contribution in [2.24, 2.45) is 16.0 Å². The molecule has 0 aliphatic carbocycles. The molecule has 10 heteroatoms. The number of rotatable bonds is 6. The molecule has 0 unspecified atom stereocenters. The first-order valence-electron chi connectivity index (χ1n) is 9.77. The van der Waals surface area contributed by atoms with E-state index in [1.807, 2.05) is 6.07 Å².